The van der Waals surface area contributed by atoms with Gasteiger partial charge in [0.1, 0.15) is 36.4 Å². The fourth-order valence-corrected chi connectivity index (χ4v) is 2.91. The predicted molar refractivity (Wildman–Crippen MR) is 105 cm³/mol. The van der Waals surface area contributed by atoms with E-state index >= 15 is 0 Å². The quantitative estimate of drug-likeness (QED) is 0.575. The molecule has 1 aromatic heterocycles. The number of hydrogen-bond acceptors (Lipinski definition) is 4. The van der Waals surface area contributed by atoms with E-state index in [1.165, 1.54) is 18.5 Å². The van der Waals surface area contributed by atoms with Crippen LogP contribution in [-0.4, -0.2) is 27.0 Å². The number of halogens is 1. The Labute approximate surface area is 165 Å². The summed E-state index contributed by atoms with van der Waals surface area (Å²) in [5.41, 5.74) is 0.120. The molecule has 0 radical (unpaired) electrons. The van der Waals surface area contributed by atoms with Gasteiger partial charge in [-0.15, -0.1) is 0 Å². The molecule has 0 amide bonds. The lowest BCUT2D eigenvalue weighted by Gasteiger charge is -2.44. The molecule has 1 atom stereocenters. The first-order chi connectivity index (χ1) is 13.4. The van der Waals surface area contributed by atoms with E-state index in [-0.39, 0.29) is 17.8 Å². The van der Waals surface area contributed by atoms with Gasteiger partial charge in [-0.05, 0) is 35.2 Å². The van der Waals surface area contributed by atoms with Crippen molar-refractivity contribution in [3.05, 3.63) is 78.6 Å². The Morgan fingerprint density at radius 3 is 2.32 bits per heavy atom. The first kappa shape index (κ1) is 20.0. The lowest BCUT2D eigenvalue weighted by molar-refractivity contribution is -0.157. The second kappa shape index (κ2) is 8.52. The van der Waals surface area contributed by atoms with Crippen molar-refractivity contribution in [3.63, 3.8) is 0 Å². The van der Waals surface area contributed by atoms with Gasteiger partial charge in [0.25, 0.3) is 0 Å². The van der Waals surface area contributed by atoms with E-state index < -0.39 is 5.60 Å². The third-order valence-electron chi connectivity index (χ3n) is 4.89. The molecule has 3 rings (SSSR count). The monoisotopic (exact) mass is 383 g/mol. The van der Waals surface area contributed by atoms with Crippen LogP contribution in [0, 0.1) is 11.2 Å². The second-order valence-electron chi connectivity index (χ2n) is 7.85. The molecule has 3 aromatic rings. The Balaban J connectivity index is 1.85. The highest BCUT2D eigenvalue weighted by atomic mass is 19.1. The highest BCUT2D eigenvalue weighted by molar-refractivity contribution is 5.22. The summed E-state index contributed by atoms with van der Waals surface area (Å²) in [6.07, 6.45) is 3.18. The summed E-state index contributed by atoms with van der Waals surface area (Å²) < 4.78 is 27.5. The van der Waals surface area contributed by atoms with Crippen LogP contribution in [0.4, 0.5) is 4.39 Å². The number of nitrogens with zero attached hydrogens (tertiary/aromatic N) is 3. The Kier molecular flexibility index (Phi) is 6.09. The molecule has 28 heavy (non-hydrogen) atoms. The van der Waals surface area contributed by atoms with Crippen molar-refractivity contribution in [2.24, 2.45) is 5.41 Å². The zero-order chi connectivity index (χ0) is 20.0. The van der Waals surface area contributed by atoms with Crippen LogP contribution in [0.25, 0.3) is 0 Å². The van der Waals surface area contributed by atoms with Gasteiger partial charge in [0.15, 0.2) is 0 Å². The maximum Gasteiger partial charge on any atom is 0.137 e. The maximum absolute atomic E-state index is 13.2. The van der Waals surface area contributed by atoms with Crippen molar-refractivity contribution in [3.8, 4) is 5.75 Å². The number of benzene rings is 2. The van der Waals surface area contributed by atoms with Crippen molar-refractivity contribution in [2.45, 2.75) is 39.5 Å². The third kappa shape index (κ3) is 4.95. The van der Waals surface area contributed by atoms with Gasteiger partial charge in [0, 0.05) is 0 Å². The van der Waals surface area contributed by atoms with Crippen LogP contribution < -0.4 is 4.74 Å². The smallest absolute Gasteiger partial charge is 0.137 e. The standard InChI is InChI=1S/C22H26FN3O2/c1-21(2,3)22(14-26-17-24-16-25-26,28-13-18-7-5-4-6-8-18)15-27-20-11-9-19(23)10-12-20/h4-12,16-17H,13-15H2,1-3H3. The van der Waals surface area contributed by atoms with Crippen LogP contribution in [0.5, 0.6) is 5.75 Å². The van der Waals surface area contributed by atoms with Crippen molar-refractivity contribution in [1.29, 1.82) is 0 Å². The topological polar surface area (TPSA) is 49.2 Å². The summed E-state index contributed by atoms with van der Waals surface area (Å²) in [6.45, 7) is 7.55. The van der Waals surface area contributed by atoms with Gasteiger partial charge >= 0.3 is 0 Å². The van der Waals surface area contributed by atoms with Crippen LogP contribution in [0.3, 0.4) is 0 Å². The van der Waals surface area contributed by atoms with Gasteiger partial charge in [-0.3, -0.25) is 0 Å². The number of aromatic nitrogens is 3. The van der Waals surface area contributed by atoms with Crippen LogP contribution in [0.15, 0.2) is 67.3 Å². The molecule has 0 bridgehead atoms. The Bertz CT molecular complexity index is 846. The van der Waals surface area contributed by atoms with Crippen molar-refractivity contribution in [1.82, 2.24) is 14.8 Å². The van der Waals surface area contributed by atoms with E-state index in [2.05, 4.69) is 30.9 Å². The molecule has 1 heterocycles. The Hall–Kier alpha value is -2.73. The van der Waals surface area contributed by atoms with Crippen molar-refractivity contribution >= 4 is 0 Å². The molecule has 0 N–H and O–H groups in total. The summed E-state index contributed by atoms with van der Waals surface area (Å²) in [4.78, 5) is 4.05. The van der Waals surface area contributed by atoms with Gasteiger partial charge in [-0.2, -0.15) is 5.10 Å². The van der Waals surface area contributed by atoms with E-state index in [4.69, 9.17) is 9.47 Å². The molecular weight excluding hydrogens is 357 g/mol. The van der Waals surface area contributed by atoms with Crippen molar-refractivity contribution in [2.75, 3.05) is 6.61 Å². The first-order valence-electron chi connectivity index (χ1n) is 9.27. The molecule has 0 spiro atoms. The minimum absolute atomic E-state index is 0.270. The van der Waals surface area contributed by atoms with Crippen LogP contribution >= 0.6 is 0 Å². The Morgan fingerprint density at radius 1 is 1.00 bits per heavy atom. The fraction of sp³-hybridized carbons (Fsp3) is 0.364. The lowest BCUT2D eigenvalue weighted by atomic mass is 9.76. The third-order valence-corrected chi connectivity index (χ3v) is 4.89. The number of hydrogen-bond donors (Lipinski definition) is 0. The van der Waals surface area contributed by atoms with Crippen molar-refractivity contribution < 1.29 is 13.9 Å². The molecular formula is C22H26FN3O2. The van der Waals surface area contributed by atoms with E-state index in [1.807, 2.05) is 30.3 Å². The van der Waals surface area contributed by atoms with Gasteiger partial charge < -0.3 is 9.47 Å². The van der Waals surface area contributed by atoms with Crippen LogP contribution in [0.1, 0.15) is 26.3 Å². The average Bonchev–Trinajstić information content (AvgIpc) is 3.18. The minimum atomic E-state index is -0.690. The van der Waals surface area contributed by atoms with E-state index in [1.54, 1.807) is 23.1 Å². The highest BCUT2D eigenvalue weighted by Gasteiger charge is 2.45. The molecule has 0 saturated carbocycles. The average molecular weight is 383 g/mol. The molecule has 0 aliphatic carbocycles. The largest absolute Gasteiger partial charge is 0.490 e. The molecule has 148 valence electrons. The molecule has 0 aliphatic rings. The van der Waals surface area contributed by atoms with Gasteiger partial charge in [-0.1, -0.05) is 51.1 Å². The summed E-state index contributed by atoms with van der Waals surface area (Å²) in [7, 11) is 0. The molecule has 6 heteroatoms. The molecule has 5 nitrogen and oxygen atoms in total. The van der Waals surface area contributed by atoms with E-state index in [0.717, 1.165) is 5.56 Å². The zero-order valence-electron chi connectivity index (χ0n) is 16.5. The molecule has 2 aromatic carbocycles. The normalized spacial score (nSPS) is 13.9. The number of rotatable bonds is 8. The predicted octanol–water partition coefficient (Wildman–Crippen LogP) is 4.50. The van der Waals surface area contributed by atoms with Gasteiger partial charge in [0.05, 0.1) is 13.2 Å². The van der Waals surface area contributed by atoms with E-state index in [9.17, 15) is 4.39 Å². The Morgan fingerprint density at radius 2 is 1.71 bits per heavy atom. The first-order valence-corrected chi connectivity index (χ1v) is 9.27. The summed E-state index contributed by atoms with van der Waals surface area (Å²) >= 11 is 0. The summed E-state index contributed by atoms with van der Waals surface area (Å²) in [6, 6.07) is 16.0. The van der Waals surface area contributed by atoms with Gasteiger partial charge in [0.2, 0.25) is 0 Å². The van der Waals surface area contributed by atoms with Crippen LogP contribution in [-0.2, 0) is 17.9 Å². The molecule has 1 unspecified atom stereocenters. The second-order valence-corrected chi connectivity index (χ2v) is 7.85. The SMILES string of the molecule is CC(C)(C)C(COc1ccc(F)cc1)(Cn1cncn1)OCc1ccccc1. The van der Waals surface area contributed by atoms with Crippen LogP contribution in [0.2, 0.25) is 0 Å². The lowest BCUT2D eigenvalue weighted by Crippen LogP contribution is -2.53. The highest BCUT2D eigenvalue weighted by Crippen LogP contribution is 2.37. The number of ether oxygens (including phenoxy) is 2. The minimum Gasteiger partial charge on any atom is -0.490 e. The molecule has 0 saturated heterocycles. The fourth-order valence-electron chi connectivity index (χ4n) is 2.91. The maximum atomic E-state index is 13.2. The molecule has 0 aliphatic heterocycles. The summed E-state index contributed by atoms with van der Waals surface area (Å²) in [5, 5.41) is 4.26. The van der Waals surface area contributed by atoms with E-state index in [0.29, 0.717) is 18.9 Å². The van der Waals surface area contributed by atoms with Gasteiger partial charge in [-0.25, -0.2) is 14.1 Å². The summed E-state index contributed by atoms with van der Waals surface area (Å²) in [5.74, 6) is 0.300. The molecule has 0 fully saturated rings. The zero-order valence-corrected chi connectivity index (χ0v) is 16.5.